The number of fused-ring (bicyclic) bond motifs is 3. The van der Waals surface area contributed by atoms with Crippen molar-refractivity contribution in [3.05, 3.63) is 59.9 Å². The van der Waals surface area contributed by atoms with Crippen LogP contribution in [0, 0.1) is 12.8 Å². The fraction of sp³-hybridized carbons (Fsp3) is 0.261. The number of aromatic nitrogens is 3. The Bertz CT molecular complexity index is 1230. The highest BCUT2D eigenvalue weighted by atomic mass is 16.2. The summed E-state index contributed by atoms with van der Waals surface area (Å²) in [5.74, 6) is 1.55. The van der Waals surface area contributed by atoms with Gasteiger partial charge in [0.2, 0.25) is 0 Å². The lowest BCUT2D eigenvalue weighted by Gasteiger charge is -2.14. The highest BCUT2D eigenvalue weighted by Crippen LogP contribution is 2.29. The molecule has 7 heteroatoms. The van der Waals surface area contributed by atoms with Crippen LogP contribution in [-0.4, -0.2) is 20.6 Å². The largest absolute Gasteiger partial charge is 0.382 e. The lowest BCUT2D eigenvalue weighted by Crippen LogP contribution is -2.29. The SMILES string of the molecule is Cc1cccc(NC(=O)NCc2nc3c(N)nc4ccccc4c3n2CC(C)C)c1. The monoisotopic (exact) mass is 402 g/mol. The van der Waals surface area contributed by atoms with Crippen LogP contribution in [0.4, 0.5) is 16.3 Å². The molecule has 2 aromatic heterocycles. The molecule has 2 heterocycles. The number of hydrogen-bond acceptors (Lipinski definition) is 4. The molecule has 30 heavy (non-hydrogen) atoms. The molecule has 154 valence electrons. The first-order chi connectivity index (χ1) is 14.4. The number of carbonyl (C=O) groups excluding carboxylic acids is 1. The number of pyridine rings is 1. The number of para-hydroxylation sites is 1. The molecule has 0 aliphatic heterocycles. The summed E-state index contributed by atoms with van der Waals surface area (Å²) in [6, 6.07) is 15.3. The van der Waals surface area contributed by atoms with Crippen LogP contribution >= 0.6 is 0 Å². The van der Waals surface area contributed by atoms with Crippen molar-refractivity contribution in [1.82, 2.24) is 19.9 Å². The molecule has 4 aromatic rings. The second-order valence-electron chi connectivity index (χ2n) is 7.92. The molecule has 0 spiro atoms. The van der Waals surface area contributed by atoms with E-state index in [0.29, 0.717) is 17.3 Å². The van der Waals surface area contributed by atoms with E-state index in [4.69, 9.17) is 10.7 Å². The van der Waals surface area contributed by atoms with Crippen molar-refractivity contribution in [1.29, 1.82) is 0 Å². The average molecular weight is 403 g/mol. The average Bonchev–Trinajstić information content (AvgIpc) is 3.05. The summed E-state index contributed by atoms with van der Waals surface area (Å²) in [6.07, 6.45) is 0. The summed E-state index contributed by atoms with van der Waals surface area (Å²) in [7, 11) is 0. The van der Waals surface area contributed by atoms with Gasteiger partial charge in [-0.1, -0.05) is 44.2 Å². The quantitative estimate of drug-likeness (QED) is 0.459. The van der Waals surface area contributed by atoms with E-state index < -0.39 is 0 Å². The number of imidazole rings is 1. The van der Waals surface area contributed by atoms with Crippen molar-refractivity contribution in [3.63, 3.8) is 0 Å². The summed E-state index contributed by atoms with van der Waals surface area (Å²) in [4.78, 5) is 21.7. The third-order valence-electron chi connectivity index (χ3n) is 4.92. The van der Waals surface area contributed by atoms with E-state index in [1.807, 2.05) is 55.5 Å². The lowest BCUT2D eigenvalue weighted by atomic mass is 10.1. The first-order valence-electron chi connectivity index (χ1n) is 10.1. The minimum atomic E-state index is -0.278. The minimum absolute atomic E-state index is 0.278. The van der Waals surface area contributed by atoms with Crippen LogP contribution in [0.15, 0.2) is 48.5 Å². The maximum atomic E-state index is 12.4. The molecule has 2 amide bonds. The van der Waals surface area contributed by atoms with E-state index >= 15 is 0 Å². The van der Waals surface area contributed by atoms with Crippen molar-refractivity contribution in [2.45, 2.75) is 33.9 Å². The van der Waals surface area contributed by atoms with Crippen molar-refractivity contribution < 1.29 is 4.79 Å². The maximum absolute atomic E-state index is 12.4. The third kappa shape index (κ3) is 3.91. The van der Waals surface area contributed by atoms with Gasteiger partial charge in [0.1, 0.15) is 11.3 Å². The van der Waals surface area contributed by atoms with Crippen LogP contribution in [0.1, 0.15) is 25.2 Å². The molecule has 0 saturated carbocycles. The van der Waals surface area contributed by atoms with Crippen LogP contribution in [0.3, 0.4) is 0 Å². The van der Waals surface area contributed by atoms with Gasteiger partial charge in [0.05, 0.1) is 17.6 Å². The van der Waals surface area contributed by atoms with Gasteiger partial charge in [-0.2, -0.15) is 0 Å². The Labute approximate surface area is 175 Å². The molecule has 0 aliphatic carbocycles. The fourth-order valence-electron chi connectivity index (χ4n) is 3.66. The lowest BCUT2D eigenvalue weighted by molar-refractivity contribution is 0.251. The zero-order chi connectivity index (χ0) is 21.3. The first-order valence-corrected chi connectivity index (χ1v) is 10.1. The van der Waals surface area contributed by atoms with Crippen LogP contribution in [-0.2, 0) is 13.1 Å². The van der Waals surface area contributed by atoms with Gasteiger partial charge < -0.3 is 20.9 Å². The number of aryl methyl sites for hydroxylation is 1. The van der Waals surface area contributed by atoms with Gasteiger partial charge in [0, 0.05) is 17.6 Å². The smallest absolute Gasteiger partial charge is 0.319 e. The van der Waals surface area contributed by atoms with Crippen LogP contribution in [0.25, 0.3) is 21.9 Å². The number of carbonyl (C=O) groups is 1. The van der Waals surface area contributed by atoms with E-state index in [1.54, 1.807) is 0 Å². The number of rotatable bonds is 5. The van der Waals surface area contributed by atoms with Crippen LogP contribution in [0.2, 0.25) is 0 Å². The number of nitrogens with zero attached hydrogens (tertiary/aromatic N) is 3. The topological polar surface area (TPSA) is 97.9 Å². The Balaban J connectivity index is 1.67. The number of anilines is 2. The summed E-state index contributed by atoms with van der Waals surface area (Å²) in [5.41, 5.74) is 10.5. The zero-order valence-electron chi connectivity index (χ0n) is 17.4. The van der Waals surface area contributed by atoms with E-state index in [1.165, 1.54) is 0 Å². The number of hydrogen-bond donors (Lipinski definition) is 3. The molecule has 0 bridgehead atoms. The number of nitrogens with two attached hydrogens (primary N) is 1. The predicted octanol–water partition coefficient (Wildman–Crippen LogP) is 4.45. The number of nitrogens with one attached hydrogen (secondary N) is 2. The molecule has 2 aromatic carbocycles. The highest BCUT2D eigenvalue weighted by molar-refractivity contribution is 6.06. The molecule has 0 radical (unpaired) electrons. The Morgan fingerprint density at radius 2 is 1.93 bits per heavy atom. The minimum Gasteiger partial charge on any atom is -0.382 e. The van der Waals surface area contributed by atoms with Crippen molar-refractivity contribution in [3.8, 4) is 0 Å². The van der Waals surface area contributed by atoms with Crippen molar-refractivity contribution in [2.24, 2.45) is 5.92 Å². The van der Waals surface area contributed by atoms with E-state index in [2.05, 4.69) is 34.0 Å². The Morgan fingerprint density at radius 3 is 2.70 bits per heavy atom. The molecule has 4 rings (SSSR count). The number of nitrogen functional groups attached to an aromatic ring is 1. The summed E-state index contributed by atoms with van der Waals surface area (Å²) in [6.45, 7) is 7.34. The molecule has 4 N–H and O–H groups in total. The Morgan fingerprint density at radius 1 is 1.13 bits per heavy atom. The molecule has 0 unspecified atom stereocenters. The number of amides is 2. The molecule has 0 fully saturated rings. The predicted molar refractivity (Wildman–Crippen MR) is 121 cm³/mol. The van der Waals surface area contributed by atoms with E-state index in [-0.39, 0.29) is 12.6 Å². The van der Waals surface area contributed by atoms with Gasteiger partial charge >= 0.3 is 6.03 Å². The maximum Gasteiger partial charge on any atom is 0.319 e. The van der Waals surface area contributed by atoms with Gasteiger partial charge in [-0.25, -0.2) is 14.8 Å². The molecule has 0 saturated heterocycles. The molecule has 0 atom stereocenters. The molecule has 0 aliphatic rings. The second kappa shape index (κ2) is 8.02. The number of benzene rings is 2. The summed E-state index contributed by atoms with van der Waals surface area (Å²) in [5, 5.41) is 6.78. The van der Waals surface area contributed by atoms with Crippen LogP contribution < -0.4 is 16.4 Å². The first kappa shape index (κ1) is 19.7. The zero-order valence-corrected chi connectivity index (χ0v) is 17.4. The van der Waals surface area contributed by atoms with E-state index in [9.17, 15) is 4.79 Å². The van der Waals surface area contributed by atoms with Crippen molar-refractivity contribution in [2.75, 3.05) is 11.1 Å². The van der Waals surface area contributed by atoms with Gasteiger partial charge in [0.15, 0.2) is 5.82 Å². The Kier molecular flexibility index (Phi) is 5.27. The van der Waals surface area contributed by atoms with Gasteiger partial charge in [-0.3, -0.25) is 0 Å². The van der Waals surface area contributed by atoms with Crippen molar-refractivity contribution >= 4 is 39.5 Å². The molecular formula is C23H26N6O. The molecular weight excluding hydrogens is 376 g/mol. The standard InChI is InChI=1S/C23H26N6O/c1-14(2)13-29-19(12-25-23(30)26-16-8-6-7-15(3)11-16)28-20-21(29)17-9-4-5-10-18(17)27-22(20)24/h4-11,14H,12-13H2,1-3H3,(H2,24,27)(H2,25,26,30). The summed E-state index contributed by atoms with van der Waals surface area (Å²) >= 11 is 0. The summed E-state index contributed by atoms with van der Waals surface area (Å²) < 4.78 is 2.15. The number of urea groups is 1. The second-order valence-corrected chi connectivity index (χ2v) is 7.92. The van der Waals surface area contributed by atoms with Gasteiger partial charge in [-0.05, 0) is 36.6 Å². The van der Waals surface area contributed by atoms with Gasteiger partial charge in [-0.15, -0.1) is 0 Å². The normalized spacial score (nSPS) is 11.3. The Hall–Kier alpha value is -3.61. The van der Waals surface area contributed by atoms with Crippen LogP contribution in [0.5, 0.6) is 0 Å². The molecule has 7 nitrogen and oxygen atoms in total. The highest BCUT2D eigenvalue weighted by Gasteiger charge is 2.18. The fourth-order valence-corrected chi connectivity index (χ4v) is 3.66. The third-order valence-corrected chi connectivity index (χ3v) is 4.92. The van der Waals surface area contributed by atoms with Gasteiger partial charge in [0.25, 0.3) is 0 Å². The van der Waals surface area contributed by atoms with E-state index in [0.717, 1.165) is 40.0 Å².